The zero-order valence-electron chi connectivity index (χ0n) is 12.0. The Hall–Kier alpha value is -1.38. The van der Waals surface area contributed by atoms with E-state index in [4.69, 9.17) is 0 Å². The lowest BCUT2D eigenvalue weighted by molar-refractivity contribution is -0.120. The Morgan fingerprint density at radius 1 is 1.21 bits per heavy atom. The van der Waals surface area contributed by atoms with Gasteiger partial charge in [0.05, 0.1) is 5.69 Å². The SMILES string of the molecule is CC.Cc1ccc(N2CC3(CCC2=O)CC3)c(F)c1. The lowest BCUT2D eigenvalue weighted by atomic mass is 9.94. The molecule has 2 fully saturated rings. The highest BCUT2D eigenvalue weighted by Crippen LogP contribution is 2.52. The van der Waals surface area contributed by atoms with Gasteiger partial charge < -0.3 is 4.90 Å². The molecule has 1 amide bonds. The van der Waals surface area contributed by atoms with Gasteiger partial charge in [-0.05, 0) is 49.3 Å². The van der Waals surface area contributed by atoms with Gasteiger partial charge in [-0.2, -0.15) is 0 Å². The van der Waals surface area contributed by atoms with Crippen LogP contribution >= 0.6 is 0 Å². The van der Waals surface area contributed by atoms with Crippen molar-refractivity contribution in [3.8, 4) is 0 Å². The van der Waals surface area contributed by atoms with Gasteiger partial charge in [-0.25, -0.2) is 4.39 Å². The summed E-state index contributed by atoms with van der Waals surface area (Å²) >= 11 is 0. The zero-order valence-corrected chi connectivity index (χ0v) is 12.0. The molecule has 2 nitrogen and oxygen atoms in total. The van der Waals surface area contributed by atoms with Crippen LogP contribution in [0, 0.1) is 18.2 Å². The molecule has 0 N–H and O–H groups in total. The van der Waals surface area contributed by atoms with Crippen molar-refractivity contribution in [2.45, 2.75) is 46.5 Å². The summed E-state index contributed by atoms with van der Waals surface area (Å²) in [6, 6.07) is 5.08. The van der Waals surface area contributed by atoms with Crippen LogP contribution in [-0.2, 0) is 4.79 Å². The van der Waals surface area contributed by atoms with E-state index >= 15 is 0 Å². The van der Waals surface area contributed by atoms with E-state index in [2.05, 4.69) is 0 Å². The first-order chi connectivity index (χ1) is 9.10. The summed E-state index contributed by atoms with van der Waals surface area (Å²) in [5.74, 6) is -0.221. The van der Waals surface area contributed by atoms with Gasteiger partial charge in [0.2, 0.25) is 5.91 Å². The van der Waals surface area contributed by atoms with Crippen molar-refractivity contribution in [2.75, 3.05) is 11.4 Å². The third-order valence-corrected chi connectivity index (χ3v) is 4.01. The van der Waals surface area contributed by atoms with Gasteiger partial charge in [-0.1, -0.05) is 19.9 Å². The van der Waals surface area contributed by atoms with Gasteiger partial charge in [0.1, 0.15) is 5.82 Å². The van der Waals surface area contributed by atoms with Gasteiger partial charge in [0, 0.05) is 13.0 Å². The number of aryl methyl sites for hydroxylation is 1. The van der Waals surface area contributed by atoms with Crippen molar-refractivity contribution in [1.82, 2.24) is 0 Å². The normalized spacial score (nSPS) is 20.0. The molecule has 0 radical (unpaired) electrons. The van der Waals surface area contributed by atoms with E-state index in [9.17, 15) is 9.18 Å². The molecular weight excluding hydrogens is 241 g/mol. The second-order valence-corrected chi connectivity index (χ2v) is 5.43. The van der Waals surface area contributed by atoms with Crippen LogP contribution in [0.25, 0.3) is 0 Å². The van der Waals surface area contributed by atoms with Crippen molar-refractivity contribution < 1.29 is 9.18 Å². The maximum Gasteiger partial charge on any atom is 0.227 e. The molecule has 2 aliphatic rings. The lowest BCUT2D eigenvalue weighted by Crippen LogP contribution is -2.41. The summed E-state index contributed by atoms with van der Waals surface area (Å²) in [6.07, 6.45) is 3.91. The van der Waals surface area contributed by atoms with Crippen LogP contribution in [0.1, 0.15) is 45.1 Å². The second kappa shape index (κ2) is 5.32. The first-order valence-electron chi connectivity index (χ1n) is 7.16. The number of carbonyl (C=O) groups is 1. The van der Waals surface area contributed by atoms with E-state index in [0.717, 1.165) is 12.0 Å². The van der Waals surface area contributed by atoms with E-state index in [1.807, 2.05) is 26.8 Å². The number of amides is 1. The fourth-order valence-electron chi connectivity index (χ4n) is 2.64. The molecule has 19 heavy (non-hydrogen) atoms. The average molecular weight is 263 g/mol. The summed E-state index contributed by atoms with van der Waals surface area (Å²) in [7, 11) is 0. The van der Waals surface area contributed by atoms with Crippen molar-refractivity contribution >= 4 is 11.6 Å². The molecule has 1 heterocycles. The van der Waals surface area contributed by atoms with Crippen molar-refractivity contribution in [3.63, 3.8) is 0 Å². The summed E-state index contributed by atoms with van der Waals surface area (Å²) < 4.78 is 13.9. The van der Waals surface area contributed by atoms with Crippen molar-refractivity contribution in [3.05, 3.63) is 29.6 Å². The highest BCUT2D eigenvalue weighted by atomic mass is 19.1. The number of halogens is 1. The standard InChI is InChI=1S/C14H16FNO.C2H6/c1-10-2-3-12(11(15)8-10)16-9-14(6-7-14)5-4-13(16)17;1-2/h2-3,8H,4-7,9H2,1H3;1-2H3. The Morgan fingerprint density at radius 2 is 1.89 bits per heavy atom. The fraction of sp³-hybridized carbons (Fsp3) is 0.562. The lowest BCUT2D eigenvalue weighted by Gasteiger charge is -2.33. The Kier molecular flexibility index (Phi) is 3.93. The minimum absolute atomic E-state index is 0.0604. The quantitative estimate of drug-likeness (QED) is 0.748. The molecule has 0 bridgehead atoms. The average Bonchev–Trinajstić information content (AvgIpc) is 3.16. The van der Waals surface area contributed by atoms with E-state index in [-0.39, 0.29) is 11.7 Å². The van der Waals surface area contributed by atoms with Crippen LogP contribution in [0.3, 0.4) is 0 Å². The number of anilines is 1. The largest absolute Gasteiger partial charge is 0.309 e. The van der Waals surface area contributed by atoms with Gasteiger partial charge in [-0.3, -0.25) is 4.79 Å². The van der Waals surface area contributed by atoms with E-state index in [0.29, 0.717) is 24.1 Å². The van der Waals surface area contributed by atoms with Crippen LogP contribution in [0.2, 0.25) is 0 Å². The highest BCUT2D eigenvalue weighted by molar-refractivity contribution is 5.94. The fourth-order valence-corrected chi connectivity index (χ4v) is 2.64. The van der Waals surface area contributed by atoms with Crippen LogP contribution in [0.15, 0.2) is 18.2 Å². The Bertz CT molecular complexity index is 480. The topological polar surface area (TPSA) is 20.3 Å². The van der Waals surface area contributed by atoms with Crippen LogP contribution in [-0.4, -0.2) is 12.5 Å². The van der Waals surface area contributed by atoms with Crippen LogP contribution in [0.4, 0.5) is 10.1 Å². The van der Waals surface area contributed by atoms with Gasteiger partial charge in [-0.15, -0.1) is 0 Å². The number of piperidine rings is 1. The monoisotopic (exact) mass is 263 g/mol. The predicted molar refractivity (Wildman–Crippen MR) is 75.7 cm³/mol. The van der Waals surface area contributed by atoms with Gasteiger partial charge >= 0.3 is 0 Å². The highest BCUT2D eigenvalue weighted by Gasteiger charge is 2.48. The maximum atomic E-state index is 13.9. The Morgan fingerprint density at radius 3 is 2.47 bits per heavy atom. The third-order valence-electron chi connectivity index (χ3n) is 4.01. The van der Waals surface area contributed by atoms with Crippen LogP contribution in [0.5, 0.6) is 0 Å². The van der Waals surface area contributed by atoms with Gasteiger partial charge in [0.25, 0.3) is 0 Å². The number of nitrogens with zero attached hydrogens (tertiary/aromatic N) is 1. The van der Waals surface area contributed by atoms with E-state index < -0.39 is 0 Å². The smallest absolute Gasteiger partial charge is 0.227 e. The minimum atomic E-state index is -0.281. The third kappa shape index (κ3) is 2.80. The first kappa shape index (κ1) is 14.0. The molecule has 1 aliphatic heterocycles. The molecule has 0 atom stereocenters. The predicted octanol–water partition coefficient (Wildman–Crippen LogP) is 4.07. The number of rotatable bonds is 1. The number of carbonyl (C=O) groups excluding carboxylic acids is 1. The molecule has 1 saturated carbocycles. The Balaban J connectivity index is 0.000000637. The second-order valence-electron chi connectivity index (χ2n) is 5.43. The minimum Gasteiger partial charge on any atom is -0.309 e. The molecule has 1 aromatic carbocycles. The Labute approximate surface area is 114 Å². The number of hydrogen-bond donors (Lipinski definition) is 0. The molecule has 1 aliphatic carbocycles. The van der Waals surface area contributed by atoms with E-state index in [1.165, 1.54) is 18.9 Å². The van der Waals surface area contributed by atoms with E-state index in [1.54, 1.807) is 11.0 Å². The molecule has 0 aromatic heterocycles. The number of benzene rings is 1. The van der Waals surface area contributed by atoms with Crippen molar-refractivity contribution in [2.24, 2.45) is 5.41 Å². The maximum absolute atomic E-state index is 13.9. The first-order valence-corrected chi connectivity index (χ1v) is 7.16. The molecular formula is C16H22FNO. The van der Waals surface area contributed by atoms with Gasteiger partial charge in [0.15, 0.2) is 0 Å². The molecule has 1 saturated heterocycles. The summed E-state index contributed by atoms with van der Waals surface area (Å²) in [6.45, 7) is 6.55. The summed E-state index contributed by atoms with van der Waals surface area (Å²) in [5.41, 5.74) is 1.65. The van der Waals surface area contributed by atoms with Crippen molar-refractivity contribution in [1.29, 1.82) is 0 Å². The number of hydrogen-bond acceptors (Lipinski definition) is 1. The molecule has 3 rings (SSSR count). The zero-order chi connectivity index (χ0) is 14.0. The molecule has 1 aromatic rings. The van der Waals surface area contributed by atoms with Crippen LogP contribution < -0.4 is 4.90 Å². The molecule has 104 valence electrons. The summed E-state index contributed by atoms with van der Waals surface area (Å²) in [5, 5.41) is 0. The summed E-state index contributed by atoms with van der Waals surface area (Å²) in [4.78, 5) is 13.6. The molecule has 3 heteroatoms. The molecule has 0 unspecified atom stereocenters. The molecule has 1 spiro atoms.